The SMILES string of the molecule is COCOc1cc(OC)c(Br)cc1C(C)=O. The molecule has 1 rings (SSSR count). The highest BCUT2D eigenvalue weighted by Crippen LogP contribution is 2.33. The largest absolute Gasteiger partial charge is 0.495 e. The third-order valence-electron chi connectivity index (χ3n) is 1.97. The maximum absolute atomic E-state index is 11.4. The number of benzene rings is 1. The average molecular weight is 289 g/mol. The molecule has 0 radical (unpaired) electrons. The molecule has 0 aliphatic rings. The molecule has 0 saturated carbocycles. The summed E-state index contributed by atoms with van der Waals surface area (Å²) >= 11 is 3.31. The van der Waals surface area contributed by atoms with Crippen molar-refractivity contribution in [2.45, 2.75) is 6.92 Å². The fourth-order valence-electron chi connectivity index (χ4n) is 1.21. The summed E-state index contributed by atoms with van der Waals surface area (Å²) in [7, 11) is 3.07. The third-order valence-corrected chi connectivity index (χ3v) is 2.59. The molecule has 0 aliphatic carbocycles. The van der Waals surface area contributed by atoms with E-state index in [2.05, 4.69) is 15.9 Å². The smallest absolute Gasteiger partial charge is 0.188 e. The average Bonchev–Trinajstić information content (AvgIpc) is 2.26. The minimum atomic E-state index is -0.0746. The number of carbonyl (C=O) groups is 1. The van der Waals surface area contributed by atoms with Crippen molar-refractivity contribution in [1.29, 1.82) is 0 Å². The van der Waals surface area contributed by atoms with Crippen molar-refractivity contribution in [2.24, 2.45) is 0 Å². The number of hydrogen-bond donors (Lipinski definition) is 0. The van der Waals surface area contributed by atoms with E-state index in [4.69, 9.17) is 14.2 Å². The molecule has 0 N–H and O–H groups in total. The number of methoxy groups -OCH3 is 2. The van der Waals surface area contributed by atoms with Crippen LogP contribution in [0.1, 0.15) is 17.3 Å². The Morgan fingerprint density at radius 2 is 2.00 bits per heavy atom. The summed E-state index contributed by atoms with van der Waals surface area (Å²) in [6.07, 6.45) is 0. The van der Waals surface area contributed by atoms with Crippen LogP contribution >= 0.6 is 15.9 Å². The van der Waals surface area contributed by atoms with Gasteiger partial charge in [0.15, 0.2) is 12.6 Å². The van der Waals surface area contributed by atoms with Gasteiger partial charge < -0.3 is 14.2 Å². The van der Waals surface area contributed by atoms with Crippen LogP contribution in [0.5, 0.6) is 11.5 Å². The summed E-state index contributed by atoms with van der Waals surface area (Å²) in [5, 5.41) is 0. The highest BCUT2D eigenvalue weighted by molar-refractivity contribution is 9.10. The molecule has 0 aliphatic heterocycles. The fraction of sp³-hybridized carbons (Fsp3) is 0.364. The van der Waals surface area contributed by atoms with Crippen LogP contribution in [0.25, 0.3) is 0 Å². The minimum Gasteiger partial charge on any atom is -0.495 e. The molecule has 16 heavy (non-hydrogen) atoms. The highest BCUT2D eigenvalue weighted by Gasteiger charge is 2.13. The molecule has 0 atom stereocenters. The first-order valence-corrected chi connectivity index (χ1v) is 5.39. The Bertz CT molecular complexity index is 390. The summed E-state index contributed by atoms with van der Waals surface area (Å²) < 4.78 is 15.9. The first-order chi connectivity index (χ1) is 7.60. The third kappa shape index (κ3) is 2.96. The summed E-state index contributed by atoms with van der Waals surface area (Å²) in [4.78, 5) is 11.4. The molecule has 0 saturated heterocycles. The van der Waals surface area contributed by atoms with E-state index in [1.165, 1.54) is 14.0 Å². The van der Waals surface area contributed by atoms with E-state index < -0.39 is 0 Å². The van der Waals surface area contributed by atoms with E-state index in [0.29, 0.717) is 21.5 Å². The van der Waals surface area contributed by atoms with Gasteiger partial charge in [-0.1, -0.05) is 0 Å². The quantitative estimate of drug-likeness (QED) is 0.617. The minimum absolute atomic E-state index is 0.0746. The first-order valence-electron chi connectivity index (χ1n) is 4.60. The zero-order valence-electron chi connectivity index (χ0n) is 9.37. The Balaban J connectivity index is 3.14. The van der Waals surface area contributed by atoms with Crippen LogP contribution in [0.4, 0.5) is 0 Å². The Morgan fingerprint density at radius 1 is 1.31 bits per heavy atom. The van der Waals surface area contributed by atoms with E-state index in [0.717, 1.165) is 0 Å². The number of rotatable bonds is 5. The molecular weight excluding hydrogens is 276 g/mol. The summed E-state index contributed by atoms with van der Waals surface area (Å²) in [5.41, 5.74) is 0.490. The van der Waals surface area contributed by atoms with Gasteiger partial charge in [0.25, 0.3) is 0 Å². The van der Waals surface area contributed by atoms with Crippen molar-refractivity contribution in [2.75, 3.05) is 21.0 Å². The maximum atomic E-state index is 11.4. The van der Waals surface area contributed by atoms with Crippen molar-refractivity contribution in [3.8, 4) is 11.5 Å². The van der Waals surface area contributed by atoms with Gasteiger partial charge in [0.1, 0.15) is 11.5 Å². The zero-order valence-corrected chi connectivity index (χ0v) is 11.0. The summed E-state index contributed by atoms with van der Waals surface area (Å²) in [6.45, 7) is 1.57. The van der Waals surface area contributed by atoms with Crippen LogP contribution in [0.2, 0.25) is 0 Å². The lowest BCUT2D eigenvalue weighted by Gasteiger charge is -2.12. The second kappa shape index (κ2) is 5.86. The molecule has 5 heteroatoms. The van der Waals surface area contributed by atoms with Crippen molar-refractivity contribution >= 4 is 21.7 Å². The highest BCUT2D eigenvalue weighted by atomic mass is 79.9. The molecule has 0 bridgehead atoms. The summed E-state index contributed by atoms with van der Waals surface area (Å²) in [5.74, 6) is 0.986. The molecule has 1 aromatic rings. The topological polar surface area (TPSA) is 44.8 Å². The standard InChI is InChI=1S/C11H13BrO4/c1-7(13)8-4-9(12)11(15-3)5-10(8)16-6-14-2/h4-5H,6H2,1-3H3. The Hall–Kier alpha value is -1.07. The molecular formula is C11H13BrO4. The number of Topliss-reactive ketones (excluding diaryl/α,β-unsaturated/α-hetero) is 1. The van der Waals surface area contributed by atoms with Gasteiger partial charge in [0.2, 0.25) is 0 Å². The molecule has 0 unspecified atom stereocenters. The van der Waals surface area contributed by atoms with E-state index in [1.807, 2.05) is 0 Å². The van der Waals surface area contributed by atoms with Gasteiger partial charge in [0, 0.05) is 13.2 Å². The van der Waals surface area contributed by atoms with Gasteiger partial charge in [-0.15, -0.1) is 0 Å². The summed E-state index contributed by atoms with van der Waals surface area (Å²) in [6, 6.07) is 3.33. The van der Waals surface area contributed by atoms with Crippen molar-refractivity contribution in [1.82, 2.24) is 0 Å². The predicted octanol–water partition coefficient (Wildman–Crippen LogP) is 2.64. The number of halogens is 1. The number of hydrogen-bond acceptors (Lipinski definition) is 4. The first kappa shape index (κ1) is 13.0. The lowest BCUT2D eigenvalue weighted by Crippen LogP contribution is -2.04. The number of carbonyl (C=O) groups excluding carboxylic acids is 1. The van der Waals surface area contributed by atoms with Gasteiger partial charge in [-0.2, -0.15) is 0 Å². The van der Waals surface area contributed by atoms with E-state index in [9.17, 15) is 4.79 Å². The lowest BCUT2D eigenvalue weighted by molar-refractivity contribution is 0.0501. The van der Waals surface area contributed by atoms with E-state index >= 15 is 0 Å². The second-order valence-corrected chi connectivity index (χ2v) is 3.94. The monoisotopic (exact) mass is 288 g/mol. The van der Waals surface area contributed by atoms with Gasteiger partial charge in [-0.05, 0) is 28.9 Å². The molecule has 0 spiro atoms. The Morgan fingerprint density at radius 3 is 2.50 bits per heavy atom. The Labute approximate surface area is 103 Å². The molecule has 0 aromatic heterocycles. The Kier molecular flexibility index (Phi) is 4.76. The molecule has 0 amide bonds. The number of ketones is 1. The maximum Gasteiger partial charge on any atom is 0.188 e. The molecule has 0 fully saturated rings. The number of ether oxygens (including phenoxy) is 3. The van der Waals surface area contributed by atoms with Crippen LogP contribution in [-0.4, -0.2) is 26.8 Å². The van der Waals surface area contributed by atoms with Crippen LogP contribution in [0.3, 0.4) is 0 Å². The van der Waals surface area contributed by atoms with Crippen LogP contribution < -0.4 is 9.47 Å². The molecule has 88 valence electrons. The van der Waals surface area contributed by atoms with Crippen LogP contribution in [0.15, 0.2) is 16.6 Å². The van der Waals surface area contributed by atoms with E-state index in [-0.39, 0.29) is 12.6 Å². The van der Waals surface area contributed by atoms with Crippen molar-refractivity contribution < 1.29 is 19.0 Å². The zero-order chi connectivity index (χ0) is 12.1. The molecule has 4 nitrogen and oxygen atoms in total. The predicted molar refractivity (Wildman–Crippen MR) is 63.2 cm³/mol. The normalized spacial score (nSPS) is 10.0. The van der Waals surface area contributed by atoms with Crippen molar-refractivity contribution in [3.63, 3.8) is 0 Å². The van der Waals surface area contributed by atoms with Crippen LogP contribution in [-0.2, 0) is 4.74 Å². The fourth-order valence-corrected chi connectivity index (χ4v) is 1.71. The van der Waals surface area contributed by atoms with Crippen molar-refractivity contribution in [3.05, 3.63) is 22.2 Å². The second-order valence-electron chi connectivity index (χ2n) is 3.09. The van der Waals surface area contributed by atoms with Gasteiger partial charge >= 0.3 is 0 Å². The molecule has 0 heterocycles. The van der Waals surface area contributed by atoms with Crippen LogP contribution in [0, 0.1) is 0 Å². The van der Waals surface area contributed by atoms with E-state index in [1.54, 1.807) is 19.2 Å². The van der Waals surface area contributed by atoms with Gasteiger partial charge in [0.05, 0.1) is 17.1 Å². The van der Waals surface area contributed by atoms with Gasteiger partial charge in [-0.3, -0.25) is 4.79 Å². The molecule has 1 aromatic carbocycles. The van der Waals surface area contributed by atoms with Gasteiger partial charge in [-0.25, -0.2) is 0 Å². The lowest BCUT2D eigenvalue weighted by atomic mass is 10.1.